The van der Waals surface area contributed by atoms with Crippen LogP contribution in [0.15, 0.2) is 12.7 Å². The molecule has 0 spiro atoms. The molecule has 0 bridgehead atoms. The maximum absolute atomic E-state index is 12.3. The summed E-state index contributed by atoms with van der Waals surface area (Å²) in [5, 5.41) is 9.97. The van der Waals surface area contributed by atoms with E-state index in [0.717, 1.165) is 6.08 Å². The van der Waals surface area contributed by atoms with Crippen LogP contribution in [0.4, 0.5) is 0 Å². The first kappa shape index (κ1) is 27.4. The van der Waals surface area contributed by atoms with Gasteiger partial charge >= 0.3 is 11.9 Å². The summed E-state index contributed by atoms with van der Waals surface area (Å²) in [6.07, 6.45) is 1.69. The molecule has 1 N–H and O–H groups in total. The van der Waals surface area contributed by atoms with Crippen LogP contribution in [-0.4, -0.2) is 74.2 Å². The molecule has 11 heteroatoms. The molecule has 0 amide bonds. The number of esters is 1. The lowest BCUT2D eigenvalue weighted by molar-refractivity contribution is -0.139. The van der Waals surface area contributed by atoms with Crippen molar-refractivity contribution in [3.05, 3.63) is 12.7 Å². The van der Waals surface area contributed by atoms with Crippen molar-refractivity contribution in [1.29, 1.82) is 0 Å². The second-order valence-corrected chi connectivity index (χ2v) is 42.6. The molecule has 164 valence electrons. The lowest BCUT2D eigenvalue weighted by atomic mass is 10.5. The predicted molar refractivity (Wildman–Crippen MR) is 121 cm³/mol. The molecule has 0 radical (unpaired) electrons. The Morgan fingerprint density at radius 3 is 1.68 bits per heavy atom. The fourth-order valence-electron chi connectivity index (χ4n) is 4.92. The standard InChI is InChI=1S/C17H38O7Si4/c1-12-15(18)24-16(13-2)28(25(7,8)21-4,26(9,10)22-5)27(11,23-6)14(3)17(19)20/h12,14,16H,1,13H2,2-11H3,(H,19,20). The number of hydrogen-bond acceptors (Lipinski definition) is 6. The average molecular weight is 467 g/mol. The third-order valence-corrected chi connectivity index (χ3v) is 71.0. The fraction of sp³-hybridized carbons (Fsp3) is 0.765. The number of rotatable bonds is 12. The molecule has 0 saturated heterocycles. The van der Waals surface area contributed by atoms with E-state index in [1.807, 2.05) is 13.5 Å². The highest BCUT2D eigenvalue weighted by atomic mass is 29.9. The van der Waals surface area contributed by atoms with E-state index in [1.54, 1.807) is 28.3 Å². The predicted octanol–water partition coefficient (Wildman–Crippen LogP) is 3.12. The largest absolute Gasteiger partial charge is 0.481 e. The van der Waals surface area contributed by atoms with Gasteiger partial charge in [-0.1, -0.05) is 20.4 Å². The number of carboxylic acids is 1. The van der Waals surface area contributed by atoms with E-state index in [4.69, 9.17) is 18.0 Å². The molecule has 0 aromatic carbocycles. The maximum atomic E-state index is 12.3. The summed E-state index contributed by atoms with van der Waals surface area (Å²) in [6.45, 7) is 14.6. The molecule has 28 heavy (non-hydrogen) atoms. The topological polar surface area (TPSA) is 91.3 Å². The van der Waals surface area contributed by atoms with Gasteiger partial charge in [0.1, 0.15) is 0 Å². The molecule has 0 aliphatic carbocycles. The quantitative estimate of drug-likeness (QED) is 0.268. The van der Waals surface area contributed by atoms with Gasteiger partial charge < -0.3 is 23.1 Å². The number of ether oxygens (including phenoxy) is 1. The second kappa shape index (κ2) is 9.96. The molecule has 3 atom stereocenters. The van der Waals surface area contributed by atoms with Crippen molar-refractivity contribution in [3.8, 4) is 0 Å². The van der Waals surface area contributed by atoms with Gasteiger partial charge in [0.05, 0.1) is 11.3 Å². The van der Waals surface area contributed by atoms with E-state index in [1.165, 1.54) is 0 Å². The number of carboxylic acid groups (broad SMARTS) is 1. The van der Waals surface area contributed by atoms with Gasteiger partial charge in [0, 0.05) is 27.4 Å². The van der Waals surface area contributed by atoms with Gasteiger partial charge in [0.2, 0.25) is 0 Å². The van der Waals surface area contributed by atoms with Crippen LogP contribution in [0.5, 0.6) is 0 Å². The van der Waals surface area contributed by atoms with Crippen LogP contribution in [0, 0.1) is 0 Å². The zero-order valence-corrected chi connectivity index (χ0v) is 23.0. The smallest absolute Gasteiger partial charge is 0.330 e. The Kier molecular flexibility index (Phi) is 9.75. The molecule has 0 aromatic rings. The van der Waals surface area contributed by atoms with Gasteiger partial charge in [-0.3, -0.25) is 4.79 Å². The van der Waals surface area contributed by atoms with Crippen molar-refractivity contribution in [3.63, 3.8) is 0 Å². The van der Waals surface area contributed by atoms with Gasteiger partial charge in [-0.15, -0.1) is 0 Å². The van der Waals surface area contributed by atoms with Crippen molar-refractivity contribution in [2.75, 3.05) is 21.3 Å². The molecule has 3 unspecified atom stereocenters. The fourth-order valence-corrected chi connectivity index (χ4v) is 84.1. The Hall–Kier alpha value is -0.572. The molecular formula is C17H38O7Si4. The summed E-state index contributed by atoms with van der Waals surface area (Å²) in [4.78, 5) is 24.4. The van der Waals surface area contributed by atoms with E-state index in [2.05, 4.69) is 32.8 Å². The minimum atomic E-state index is -3.04. The molecule has 0 rings (SSSR count). The lowest BCUT2D eigenvalue weighted by Crippen LogP contribution is -2.93. The van der Waals surface area contributed by atoms with Crippen LogP contribution in [-0.2, 0) is 27.6 Å². The molecule has 0 fully saturated rings. The minimum absolute atomic E-state index is 0.473. The van der Waals surface area contributed by atoms with Crippen molar-refractivity contribution in [2.24, 2.45) is 0 Å². The molecule has 0 aromatic heterocycles. The average Bonchev–Trinajstić information content (AvgIpc) is 2.65. The first-order chi connectivity index (χ1) is 12.7. The van der Waals surface area contributed by atoms with Crippen LogP contribution in [0.2, 0.25) is 38.3 Å². The third-order valence-electron chi connectivity index (χ3n) is 6.60. The molecule has 0 aliphatic heterocycles. The van der Waals surface area contributed by atoms with Crippen LogP contribution in [0.3, 0.4) is 0 Å². The molecular weight excluding hydrogens is 429 g/mol. The summed E-state index contributed by atoms with van der Waals surface area (Å²) in [6, 6.07) is 0. The van der Waals surface area contributed by atoms with Gasteiger partial charge in [-0.05, 0) is 39.2 Å². The Morgan fingerprint density at radius 1 is 1.00 bits per heavy atom. The van der Waals surface area contributed by atoms with Gasteiger partial charge in [0.15, 0.2) is 30.1 Å². The highest BCUT2D eigenvalue weighted by Crippen LogP contribution is 2.46. The first-order valence-electron chi connectivity index (χ1n) is 9.41. The highest BCUT2D eigenvalue weighted by Gasteiger charge is 2.78. The van der Waals surface area contributed by atoms with Gasteiger partial charge in [-0.2, -0.15) is 0 Å². The third kappa shape index (κ3) is 4.30. The van der Waals surface area contributed by atoms with Crippen molar-refractivity contribution in [2.45, 2.75) is 64.3 Å². The summed E-state index contributed by atoms with van der Waals surface area (Å²) in [7, 11) is -3.32. The van der Waals surface area contributed by atoms with Crippen molar-refractivity contribution in [1.82, 2.24) is 0 Å². The van der Waals surface area contributed by atoms with E-state index in [9.17, 15) is 14.7 Å². The molecule has 7 nitrogen and oxygen atoms in total. The second-order valence-electron chi connectivity index (χ2n) is 8.15. The summed E-state index contributed by atoms with van der Waals surface area (Å²) in [5.74, 6) is -1.42. The zero-order chi connectivity index (χ0) is 22.6. The minimum Gasteiger partial charge on any atom is -0.481 e. The van der Waals surface area contributed by atoms with Crippen LogP contribution in [0.25, 0.3) is 0 Å². The van der Waals surface area contributed by atoms with Gasteiger partial charge in [0.25, 0.3) is 0 Å². The molecule has 0 aliphatic rings. The van der Waals surface area contributed by atoms with E-state index >= 15 is 0 Å². The van der Waals surface area contributed by atoms with E-state index in [-0.39, 0.29) is 0 Å². The van der Waals surface area contributed by atoms with E-state index in [0.29, 0.717) is 6.42 Å². The number of hydrogen-bond donors (Lipinski definition) is 1. The maximum Gasteiger partial charge on any atom is 0.330 e. The van der Waals surface area contributed by atoms with Crippen molar-refractivity contribution >= 4 is 42.1 Å². The first-order valence-corrected chi connectivity index (χ1v) is 22.8. The van der Waals surface area contributed by atoms with E-state index < -0.39 is 53.3 Å². The summed E-state index contributed by atoms with van der Waals surface area (Å²) in [5.41, 5.74) is -1.18. The van der Waals surface area contributed by atoms with Crippen LogP contribution < -0.4 is 0 Å². The van der Waals surface area contributed by atoms with Crippen LogP contribution >= 0.6 is 0 Å². The number of carbonyl (C=O) groups excluding carboxylic acids is 1. The Morgan fingerprint density at radius 2 is 1.43 bits per heavy atom. The number of carbonyl (C=O) groups is 2. The zero-order valence-electron chi connectivity index (χ0n) is 19.0. The van der Waals surface area contributed by atoms with Crippen molar-refractivity contribution < 1.29 is 32.7 Å². The molecule has 0 saturated carbocycles. The van der Waals surface area contributed by atoms with Gasteiger partial charge in [-0.25, -0.2) is 4.79 Å². The summed E-state index contributed by atoms with van der Waals surface area (Å²) < 4.78 is 24.5. The molecule has 0 heterocycles. The number of aliphatic carboxylic acids is 1. The normalized spacial score (nSPS) is 17.4. The SMILES string of the molecule is C=CC(=O)OC(CC)[Si]([Si](C)(C)OC)([Si](C)(C)OC)[Si](C)(OC)C(C)C(=O)O. The lowest BCUT2D eigenvalue weighted by Gasteiger charge is -2.60. The summed E-state index contributed by atoms with van der Waals surface area (Å²) >= 11 is 0. The Labute approximate surface area is 173 Å². The highest BCUT2D eigenvalue weighted by molar-refractivity contribution is 7.88. The Bertz CT molecular complexity index is 566. The monoisotopic (exact) mass is 466 g/mol. The van der Waals surface area contributed by atoms with Crippen LogP contribution in [0.1, 0.15) is 20.3 Å². The Balaban J connectivity index is 7.43.